The summed E-state index contributed by atoms with van der Waals surface area (Å²) in [7, 11) is -3.74. The second-order valence-electron chi connectivity index (χ2n) is 6.30. The summed E-state index contributed by atoms with van der Waals surface area (Å²) in [6.07, 6.45) is -0.764. The Labute approximate surface area is 171 Å². The van der Waals surface area contributed by atoms with Gasteiger partial charge >= 0.3 is 0 Å². The van der Waals surface area contributed by atoms with Crippen LogP contribution in [0.1, 0.15) is 26.3 Å². The zero-order valence-corrected chi connectivity index (χ0v) is 18.0. The zero-order chi connectivity index (χ0) is 20.9. The van der Waals surface area contributed by atoms with E-state index in [0.29, 0.717) is 24.5 Å². The first kappa shape index (κ1) is 22.2. The number of carbonyl (C=O) groups excluding carboxylic acids is 1. The van der Waals surface area contributed by atoms with Gasteiger partial charge in [0, 0.05) is 18.8 Å². The number of benzene rings is 2. The van der Waals surface area contributed by atoms with E-state index in [-0.39, 0.29) is 9.92 Å². The van der Waals surface area contributed by atoms with Gasteiger partial charge in [-0.15, -0.1) is 0 Å². The van der Waals surface area contributed by atoms with Crippen molar-refractivity contribution < 1.29 is 17.9 Å². The summed E-state index contributed by atoms with van der Waals surface area (Å²) >= 11 is 6.12. The summed E-state index contributed by atoms with van der Waals surface area (Å²) < 4.78 is 32.5. The smallest absolute Gasteiger partial charge is 0.265 e. The molecule has 0 aliphatic carbocycles. The van der Waals surface area contributed by atoms with Gasteiger partial charge in [-0.25, -0.2) is 8.42 Å². The van der Waals surface area contributed by atoms with Crippen molar-refractivity contribution in [3.63, 3.8) is 0 Å². The normalized spacial score (nSPS) is 12.6. The molecule has 2 aromatic rings. The number of hydrogen-bond acceptors (Lipinski definition) is 4. The molecular formula is C20H25ClN2O4S. The van der Waals surface area contributed by atoms with Crippen LogP contribution >= 0.6 is 11.6 Å². The number of ether oxygens (including phenoxy) is 1. The third kappa shape index (κ3) is 5.25. The Kier molecular flexibility index (Phi) is 7.46. The monoisotopic (exact) mass is 424 g/mol. The predicted molar refractivity (Wildman–Crippen MR) is 111 cm³/mol. The van der Waals surface area contributed by atoms with Crippen molar-refractivity contribution in [2.45, 2.75) is 38.7 Å². The van der Waals surface area contributed by atoms with E-state index in [1.165, 1.54) is 16.4 Å². The molecule has 1 atom stereocenters. The third-order valence-corrected chi connectivity index (χ3v) is 6.73. The Morgan fingerprint density at radius 2 is 1.86 bits per heavy atom. The molecule has 0 spiro atoms. The van der Waals surface area contributed by atoms with Crippen LogP contribution in [0.5, 0.6) is 5.75 Å². The maximum Gasteiger partial charge on any atom is 0.265 e. The number of amides is 1. The first-order chi connectivity index (χ1) is 13.2. The molecule has 0 aliphatic rings. The lowest BCUT2D eigenvalue weighted by molar-refractivity contribution is -0.122. The number of rotatable bonds is 8. The molecule has 0 saturated heterocycles. The van der Waals surface area contributed by atoms with Crippen molar-refractivity contribution in [1.29, 1.82) is 0 Å². The molecule has 2 rings (SSSR count). The van der Waals surface area contributed by atoms with Gasteiger partial charge in [0.1, 0.15) is 10.6 Å². The number of anilines is 1. The first-order valence-corrected chi connectivity index (χ1v) is 10.8. The molecule has 1 amide bonds. The van der Waals surface area contributed by atoms with Gasteiger partial charge in [-0.1, -0.05) is 37.6 Å². The fourth-order valence-corrected chi connectivity index (χ4v) is 4.63. The van der Waals surface area contributed by atoms with E-state index in [1.54, 1.807) is 32.9 Å². The minimum atomic E-state index is -3.74. The fraction of sp³-hybridized carbons (Fsp3) is 0.350. The second kappa shape index (κ2) is 9.41. The largest absolute Gasteiger partial charge is 0.481 e. The Morgan fingerprint density at radius 1 is 1.18 bits per heavy atom. The highest BCUT2D eigenvalue weighted by Crippen LogP contribution is 2.28. The number of aryl methyl sites for hydroxylation is 1. The second-order valence-corrected chi connectivity index (χ2v) is 8.61. The Balaban J connectivity index is 2.19. The fourth-order valence-electron chi connectivity index (χ4n) is 2.67. The summed E-state index contributed by atoms with van der Waals surface area (Å²) in [5.74, 6) is 0.193. The molecule has 8 heteroatoms. The molecule has 28 heavy (non-hydrogen) atoms. The highest BCUT2D eigenvalue weighted by Gasteiger charge is 2.25. The SMILES string of the molecule is CCN(CC)S(=O)(=O)c1cc(NC(=O)[C@H](C)Oc2cccc(C)c2)ccc1Cl. The molecule has 0 aromatic heterocycles. The predicted octanol–water partition coefficient (Wildman–Crippen LogP) is 4.08. The van der Waals surface area contributed by atoms with Crippen LogP contribution in [-0.2, 0) is 14.8 Å². The summed E-state index contributed by atoms with van der Waals surface area (Å²) in [6.45, 7) is 7.72. The lowest BCUT2D eigenvalue weighted by Crippen LogP contribution is -2.31. The number of carbonyl (C=O) groups is 1. The molecule has 0 unspecified atom stereocenters. The lowest BCUT2D eigenvalue weighted by atomic mass is 10.2. The Hall–Kier alpha value is -2.09. The number of halogens is 1. The van der Waals surface area contributed by atoms with Crippen LogP contribution in [-0.4, -0.2) is 37.8 Å². The zero-order valence-electron chi connectivity index (χ0n) is 16.4. The van der Waals surface area contributed by atoms with Gasteiger partial charge in [-0.2, -0.15) is 4.31 Å². The van der Waals surface area contributed by atoms with Crippen LogP contribution in [0.4, 0.5) is 5.69 Å². The van der Waals surface area contributed by atoms with E-state index in [2.05, 4.69) is 5.32 Å². The maximum atomic E-state index is 12.8. The Morgan fingerprint density at radius 3 is 2.46 bits per heavy atom. The minimum Gasteiger partial charge on any atom is -0.481 e. The van der Waals surface area contributed by atoms with Gasteiger partial charge in [0.15, 0.2) is 6.10 Å². The minimum absolute atomic E-state index is 0.0390. The van der Waals surface area contributed by atoms with Crippen LogP contribution in [0.15, 0.2) is 47.4 Å². The van der Waals surface area contributed by atoms with Crippen molar-refractivity contribution in [1.82, 2.24) is 4.31 Å². The summed E-state index contributed by atoms with van der Waals surface area (Å²) in [5, 5.41) is 2.79. The molecule has 0 heterocycles. The van der Waals surface area contributed by atoms with Crippen LogP contribution in [0.2, 0.25) is 5.02 Å². The van der Waals surface area contributed by atoms with E-state index in [0.717, 1.165) is 5.56 Å². The van der Waals surface area contributed by atoms with Crippen LogP contribution in [0.25, 0.3) is 0 Å². The van der Waals surface area contributed by atoms with Gasteiger partial charge in [-0.3, -0.25) is 4.79 Å². The van der Waals surface area contributed by atoms with Crippen molar-refractivity contribution in [2.75, 3.05) is 18.4 Å². The van der Waals surface area contributed by atoms with Crippen LogP contribution < -0.4 is 10.1 Å². The average Bonchev–Trinajstić information content (AvgIpc) is 2.63. The van der Waals surface area contributed by atoms with Crippen LogP contribution in [0.3, 0.4) is 0 Å². The highest BCUT2D eigenvalue weighted by molar-refractivity contribution is 7.89. The molecule has 0 fully saturated rings. The molecule has 0 aliphatic heterocycles. The van der Waals surface area contributed by atoms with E-state index in [1.807, 2.05) is 25.1 Å². The average molecular weight is 425 g/mol. The van der Waals surface area contributed by atoms with E-state index in [9.17, 15) is 13.2 Å². The molecular weight excluding hydrogens is 400 g/mol. The molecule has 0 radical (unpaired) electrons. The van der Waals surface area contributed by atoms with Crippen LogP contribution in [0, 0.1) is 6.92 Å². The van der Waals surface area contributed by atoms with Crippen molar-refractivity contribution in [3.05, 3.63) is 53.1 Å². The van der Waals surface area contributed by atoms with Gasteiger partial charge in [0.05, 0.1) is 5.02 Å². The van der Waals surface area contributed by atoms with E-state index >= 15 is 0 Å². The van der Waals surface area contributed by atoms with Gasteiger partial charge < -0.3 is 10.1 Å². The third-order valence-electron chi connectivity index (χ3n) is 4.19. The quantitative estimate of drug-likeness (QED) is 0.692. The highest BCUT2D eigenvalue weighted by atomic mass is 35.5. The number of hydrogen-bond donors (Lipinski definition) is 1. The molecule has 0 saturated carbocycles. The van der Waals surface area contributed by atoms with Crippen molar-refractivity contribution >= 4 is 33.2 Å². The molecule has 152 valence electrons. The maximum absolute atomic E-state index is 12.8. The molecule has 1 N–H and O–H groups in total. The standard InChI is InChI=1S/C20H25ClN2O4S/c1-5-23(6-2)28(25,26)19-13-16(10-11-18(19)21)22-20(24)15(4)27-17-9-7-8-14(3)12-17/h7-13,15H,5-6H2,1-4H3,(H,22,24)/t15-/m0/s1. The number of nitrogens with zero attached hydrogens (tertiary/aromatic N) is 1. The molecule has 6 nitrogen and oxygen atoms in total. The lowest BCUT2D eigenvalue weighted by Gasteiger charge is -2.20. The topological polar surface area (TPSA) is 75.7 Å². The van der Waals surface area contributed by atoms with E-state index in [4.69, 9.17) is 16.3 Å². The number of nitrogens with one attached hydrogen (secondary N) is 1. The van der Waals surface area contributed by atoms with E-state index < -0.39 is 22.0 Å². The van der Waals surface area contributed by atoms with Crippen molar-refractivity contribution in [3.8, 4) is 5.75 Å². The summed E-state index contributed by atoms with van der Waals surface area (Å²) in [4.78, 5) is 12.4. The summed E-state index contributed by atoms with van der Waals surface area (Å²) in [6, 6.07) is 11.8. The molecule has 0 bridgehead atoms. The first-order valence-electron chi connectivity index (χ1n) is 9.03. The Bertz CT molecular complexity index is 943. The van der Waals surface area contributed by atoms with Gasteiger partial charge in [0.25, 0.3) is 5.91 Å². The van der Waals surface area contributed by atoms with Crippen molar-refractivity contribution in [2.24, 2.45) is 0 Å². The molecule has 2 aromatic carbocycles. The number of sulfonamides is 1. The van der Waals surface area contributed by atoms with Gasteiger partial charge in [0.2, 0.25) is 10.0 Å². The summed E-state index contributed by atoms with van der Waals surface area (Å²) in [5.41, 5.74) is 1.36. The van der Waals surface area contributed by atoms with Gasteiger partial charge in [-0.05, 0) is 49.7 Å².